The largest absolute Gasteiger partial charge is 0.495 e. The van der Waals surface area contributed by atoms with Gasteiger partial charge in [0.05, 0.1) is 23.9 Å². The summed E-state index contributed by atoms with van der Waals surface area (Å²) in [5, 5.41) is 4.13. The first kappa shape index (κ1) is 13.5. The zero-order valence-electron chi connectivity index (χ0n) is 10.7. The van der Waals surface area contributed by atoms with Crippen LogP contribution in [-0.4, -0.2) is 7.11 Å². The number of fused-ring (bicyclic) bond motifs is 1. The minimum Gasteiger partial charge on any atom is -0.495 e. The summed E-state index contributed by atoms with van der Waals surface area (Å²) >= 11 is 12.0. The number of ether oxygens (including phenoxy) is 1. The molecule has 1 atom stereocenters. The maximum Gasteiger partial charge on any atom is 0.148 e. The molecule has 1 unspecified atom stereocenters. The van der Waals surface area contributed by atoms with Crippen molar-refractivity contribution in [2.45, 2.75) is 12.5 Å². The zero-order valence-corrected chi connectivity index (χ0v) is 12.2. The highest BCUT2D eigenvalue weighted by molar-refractivity contribution is 6.32. The molecule has 5 heteroatoms. The number of methoxy groups -OCH3 is 1. The van der Waals surface area contributed by atoms with E-state index in [-0.39, 0.29) is 11.9 Å². The van der Waals surface area contributed by atoms with Crippen LogP contribution in [0.2, 0.25) is 10.0 Å². The predicted octanol–water partition coefficient (Wildman–Crippen LogP) is 4.85. The molecule has 0 aliphatic carbocycles. The highest BCUT2D eigenvalue weighted by Crippen LogP contribution is 2.39. The van der Waals surface area contributed by atoms with Gasteiger partial charge in [0.25, 0.3) is 0 Å². The Kier molecular flexibility index (Phi) is 3.48. The third-order valence-corrected chi connectivity index (χ3v) is 3.97. The molecule has 1 aliphatic rings. The third-order valence-electron chi connectivity index (χ3n) is 3.46. The molecule has 0 saturated carbocycles. The lowest BCUT2D eigenvalue weighted by Crippen LogP contribution is -2.06. The molecule has 0 spiro atoms. The Bertz CT molecular complexity index is 675. The standard InChI is InChI=1S/C15H12Cl2FNO/c1-20-14-3-2-8(5-11(14)17)13-6-9-4-10(16)7-12(18)15(9)19-13/h2-5,7,13,19H,6H2,1H3. The van der Waals surface area contributed by atoms with Gasteiger partial charge in [-0.2, -0.15) is 0 Å². The van der Waals surface area contributed by atoms with Gasteiger partial charge >= 0.3 is 0 Å². The van der Waals surface area contributed by atoms with Gasteiger partial charge in [-0.15, -0.1) is 0 Å². The van der Waals surface area contributed by atoms with E-state index in [1.807, 2.05) is 18.2 Å². The number of hydrogen-bond acceptors (Lipinski definition) is 2. The lowest BCUT2D eigenvalue weighted by atomic mass is 10.0. The van der Waals surface area contributed by atoms with Crippen molar-refractivity contribution in [1.82, 2.24) is 0 Å². The van der Waals surface area contributed by atoms with E-state index in [9.17, 15) is 4.39 Å². The Morgan fingerprint density at radius 1 is 1.25 bits per heavy atom. The molecule has 0 fully saturated rings. The molecule has 3 rings (SSSR count). The summed E-state index contributed by atoms with van der Waals surface area (Å²) in [5.41, 5.74) is 2.39. The van der Waals surface area contributed by atoms with E-state index < -0.39 is 0 Å². The average Bonchev–Trinajstić information content (AvgIpc) is 2.82. The summed E-state index contributed by atoms with van der Waals surface area (Å²) in [4.78, 5) is 0. The Morgan fingerprint density at radius 3 is 2.75 bits per heavy atom. The first-order valence-corrected chi connectivity index (χ1v) is 6.92. The first-order chi connectivity index (χ1) is 9.58. The zero-order chi connectivity index (χ0) is 14.3. The second kappa shape index (κ2) is 5.15. The Balaban J connectivity index is 1.92. The van der Waals surface area contributed by atoms with Crippen LogP contribution in [0.3, 0.4) is 0 Å². The van der Waals surface area contributed by atoms with Gasteiger partial charge in [-0.3, -0.25) is 0 Å². The van der Waals surface area contributed by atoms with Crippen molar-refractivity contribution in [3.05, 3.63) is 57.3 Å². The van der Waals surface area contributed by atoms with Gasteiger partial charge in [0, 0.05) is 5.02 Å². The van der Waals surface area contributed by atoms with Crippen molar-refractivity contribution < 1.29 is 9.13 Å². The molecule has 0 radical (unpaired) electrons. The summed E-state index contributed by atoms with van der Waals surface area (Å²) in [7, 11) is 1.57. The lowest BCUT2D eigenvalue weighted by Gasteiger charge is -2.13. The van der Waals surface area contributed by atoms with Crippen molar-refractivity contribution in [3.63, 3.8) is 0 Å². The minimum atomic E-state index is -0.324. The Morgan fingerprint density at radius 2 is 2.05 bits per heavy atom. The molecule has 1 N–H and O–H groups in total. The van der Waals surface area contributed by atoms with Crippen LogP contribution in [0.4, 0.5) is 10.1 Å². The Hall–Kier alpha value is -1.45. The summed E-state index contributed by atoms with van der Waals surface area (Å²) in [6.07, 6.45) is 0.676. The molecule has 0 saturated heterocycles. The van der Waals surface area contributed by atoms with Crippen molar-refractivity contribution in [2.75, 3.05) is 12.4 Å². The van der Waals surface area contributed by atoms with Crippen LogP contribution in [0.1, 0.15) is 17.2 Å². The maximum absolute atomic E-state index is 13.8. The van der Waals surface area contributed by atoms with E-state index in [1.54, 1.807) is 13.2 Å². The second-order valence-electron chi connectivity index (χ2n) is 4.72. The summed E-state index contributed by atoms with van der Waals surface area (Å²) in [5.74, 6) is 0.301. The first-order valence-electron chi connectivity index (χ1n) is 6.16. The predicted molar refractivity (Wildman–Crippen MR) is 79.5 cm³/mol. The smallest absolute Gasteiger partial charge is 0.148 e. The van der Waals surface area contributed by atoms with Gasteiger partial charge in [0.2, 0.25) is 0 Å². The molecule has 104 valence electrons. The van der Waals surface area contributed by atoms with Gasteiger partial charge in [-0.25, -0.2) is 4.39 Å². The molecule has 2 aromatic rings. The molecule has 0 amide bonds. The summed E-state index contributed by atoms with van der Waals surface area (Å²) in [6, 6.07) is 8.67. The molecule has 0 bridgehead atoms. The molecule has 20 heavy (non-hydrogen) atoms. The second-order valence-corrected chi connectivity index (χ2v) is 5.56. The summed E-state index contributed by atoms with van der Waals surface area (Å²) < 4.78 is 19.0. The van der Waals surface area contributed by atoms with E-state index in [1.165, 1.54) is 6.07 Å². The number of rotatable bonds is 2. The topological polar surface area (TPSA) is 21.3 Å². The van der Waals surface area contributed by atoms with Gasteiger partial charge in [-0.05, 0) is 41.8 Å². The van der Waals surface area contributed by atoms with Crippen LogP contribution in [0, 0.1) is 5.82 Å². The van der Waals surface area contributed by atoms with E-state index in [2.05, 4.69) is 5.32 Å². The number of benzene rings is 2. The van der Waals surface area contributed by atoms with Gasteiger partial charge in [0.15, 0.2) is 0 Å². The van der Waals surface area contributed by atoms with Crippen LogP contribution in [-0.2, 0) is 6.42 Å². The SMILES string of the molecule is COc1ccc(C2Cc3cc(Cl)cc(F)c3N2)cc1Cl. The fourth-order valence-corrected chi connectivity index (χ4v) is 2.99. The van der Waals surface area contributed by atoms with Crippen molar-refractivity contribution >= 4 is 28.9 Å². The van der Waals surface area contributed by atoms with Crippen LogP contribution in [0.25, 0.3) is 0 Å². The van der Waals surface area contributed by atoms with E-state index in [0.717, 1.165) is 11.1 Å². The molecule has 2 aromatic carbocycles. The van der Waals surface area contributed by atoms with Crippen LogP contribution in [0.5, 0.6) is 5.75 Å². The van der Waals surface area contributed by atoms with Crippen LogP contribution >= 0.6 is 23.2 Å². The monoisotopic (exact) mass is 311 g/mol. The summed E-state index contributed by atoms with van der Waals surface area (Å²) in [6.45, 7) is 0. The van der Waals surface area contributed by atoms with Gasteiger partial charge in [0.1, 0.15) is 11.6 Å². The molecule has 2 nitrogen and oxygen atoms in total. The molecule has 1 aliphatic heterocycles. The van der Waals surface area contributed by atoms with E-state index >= 15 is 0 Å². The van der Waals surface area contributed by atoms with E-state index in [4.69, 9.17) is 27.9 Å². The molecule has 1 heterocycles. The highest BCUT2D eigenvalue weighted by atomic mass is 35.5. The fourth-order valence-electron chi connectivity index (χ4n) is 2.50. The lowest BCUT2D eigenvalue weighted by molar-refractivity contribution is 0.415. The molecular formula is C15H12Cl2FNO. The van der Waals surface area contributed by atoms with Crippen molar-refractivity contribution in [2.24, 2.45) is 0 Å². The number of halogens is 3. The van der Waals surface area contributed by atoms with Crippen molar-refractivity contribution in [1.29, 1.82) is 0 Å². The third kappa shape index (κ3) is 2.32. The minimum absolute atomic E-state index is 0.0126. The fraction of sp³-hybridized carbons (Fsp3) is 0.200. The number of anilines is 1. The van der Waals surface area contributed by atoms with Crippen LogP contribution < -0.4 is 10.1 Å². The average molecular weight is 312 g/mol. The van der Waals surface area contributed by atoms with E-state index in [0.29, 0.717) is 27.9 Å². The normalized spacial score (nSPS) is 16.7. The Labute approximate surface area is 126 Å². The molecule has 0 aromatic heterocycles. The highest BCUT2D eigenvalue weighted by Gasteiger charge is 2.25. The van der Waals surface area contributed by atoms with Crippen LogP contribution in [0.15, 0.2) is 30.3 Å². The maximum atomic E-state index is 13.8. The quantitative estimate of drug-likeness (QED) is 0.856. The van der Waals surface area contributed by atoms with Gasteiger partial charge in [-0.1, -0.05) is 29.3 Å². The number of nitrogens with one attached hydrogen (secondary N) is 1. The van der Waals surface area contributed by atoms with Crippen molar-refractivity contribution in [3.8, 4) is 5.75 Å². The number of hydrogen-bond donors (Lipinski definition) is 1. The van der Waals surface area contributed by atoms with Gasteiger partial charge < -0.3 is 10.1 Å². The molecular weight excluding hydrogens is 300 g/mol.